The van der Waals surface area contributed by atoms with Gasteiger partial charge in [0, 0.05) is 5.33 Å². The summed E-state index contributed by atoms with van der Waals surface area (Å²) in [6.07, 6.45) is -2.60. The highest BCUT2D eigenvalue weighted by molar-refractivity contribution is 9.08. The number of halogens is 4. The molecule has 1 heterocycles. The number of rotatable bonds is 3. The minimum Gasteiger partial charge on any atom is -0.255 e. The SMILES string of the molecule is N#CCc1cc(Cl)c(C(F)F)c(CBr)n1. The van der Waals surface area contributed by atoms with E-state index in [4.69, 9.17) is 16.9 Å². The molecule has 6 heteroatoms. The molecule has 0 saturated carbocycles. The summed E-state index contributed by atoms with van der Waals surface area (Å²) in [6.45, 7) is 0. The van der Waals surface area contributed by atoms with Crippen LogP contribution in [-0.2, 0) is 11.8 Å². The summed E-state index contributed by atoms with van der Waals surface area (Å²) in [5, 5.41) is 8.60. The van der Waals surface area contributed by atoms with Gasteiger partial charge in [0.2, 0.25) is 0 Å². The summed E-state index contributed by atoms with van der Waals surface area (Å²) in [4.78, 5) is 3.93. The average molecular weight is 296 g/mol. The maximum absolute atomic E-state index is 12.6. The van der Waals surface area contributed by atoms with E-state index in [0.717, 1.165) is 0 Å². The lowest BCUT2D eigenvalue weighted by molar-refractivity contribution is 0.150. The summed E-state index contributed by atoms with van der Waals surface area (Å²) in [5.41, 5.74) is 0.319. The van der Waals surface area contributed by atoms with Crippen LogP contribution in [0.2, 0.25) is 5.02 Å². The van der Waals surface area contributed by atoms with Crippen molar-refractivity contribution in [3.05, 3.63) is 28.0 Å². The van der Waals surface area contributed by atoms with Crippen molar-refractivity contribution >= 4 is 27.5 Å². The molecule has 1 rings (SSSR count). The molecule has 0 amide bonds. The van der Waals surface area contributed by atoms with Crippen molar-refractivity contribution in [3.63, 3.8) is 0 Å². The van der Waals surface area contributed by atoms with Crippen molar-refractivity contribution in [2.24, 2.45) is 0 Å². The molecule has 0 aliphatic rings. The van der Waals surface area contributed by atoms with Crippen LogP contribution in [-0.4, -0.2) is 4.98 Å². The van der Waals surface area contributed by atoms with E-state index in [-0.39, 0.29) is 28.0 Å². The van der Waals surface area contributed by atoms with E-state index in [2.05, 4.69) is 20.9 Å². The van der Waals surface area contributed by atoms with Crippen molar-refractivity contribution < 1.29 is 8.78 Å². The molecule has 0 atom stereocenters. The van der Waals surface area contributed by atoms with E-state index in [1.807, 2.05) is 6.07 Å². The molecule has 0 aliphatic heterocycles. The van der Waals surface area contributed by atoms with Crippen molar-refractivity contribution in [1.29, 1.82) is 5.26 Å². The number of hydrogen-bond acceptors (Lipinski definition) is 2. The molecule has 0 bridgehead atoms. The highest BCUT2D eigenvalue weighted by Crippen LogP contribution is 2.31. The number of hydrogen-bond donors (Lipinski definition) is 0. The molecule has 0 saturated heterocycles. The Bertz CT molecular complexity index is 404. The summed E-state index contributed by atoms with van der Waals surface area (Å²) < 4.78 is 25.2. The number of pyridine rings is 1. The Morgan fingerprint density at radius 3 is 2.73 bits per heavy atom. The van der Waals surface area contributed by atoms with E-state index in [1.54, 1.807) is 0 Å². The second-order valence-electron chi connectivity index (χ2n) is 2.73. The first kappa shape index (κ1) is 12.3. The monoisotopic (exact) mass is 294 g/mol. The van der Waals surface area contributed by atoms with Crippen molar-refractivity contribution in [2.45, 2.75) is 18.2 Å². The first-order chi connectivity index (χ1) is 7.10. The fourth-order valence-corrected chi connectivity index (χ4v) is 1.88. The van der Waals surface area contributed by atoms with E-state index < -0.39 is 6.43 Å². The third kappa shape index (κ3) is 2.86. The highest BCUT2D eigenvalue weighted by atomic mass is 79.9. The molecule has 0 fully saturated rings. The maximum atomic E-state index is 12.6. The molecule has 0 aromatic carbocycles. The van der Waals surface area contributed by atoms with Crippen molar-refractivity contribution in [3.8, 4) is 6.07 Å². The second kappa shape index (κ2) is 5.38. The maximum Gasteiger partial charge on any atom is 0.267 e. The quantitative estimate of drug-likeness (QED) is 0.798. The van der Waals surface area contributed by atoms with Gasteiger partial charge in [0.15, 0.2) is 0 Å². The number of aromatic nitrogens is 1. The molecular formula is C9H6BrClF2N2. The Morgan fingerprint density at radius 2 is 2.27 bits per heavy atom. The van der Waals surface area contributed by atoms with Crippen molar-refractivity contribution in [2.75, 3.05) is 0 Å². The molecule has 1 aromatic rings. The fourth-order valence-electron chi connectivity index (χ4n) is 1.13. The van der Waals surface area contributed by atoms with Gasteiger partial charge in [-0.25, -0.2) is 8.78 Å². The molecule has 15 heavy (non-hydrogen) atoms. The second-order valence-corrected chi connectivity index (χ2v) is 3.69. The van der Waals surface area contributed by atoms with Crippen molar-refractivity contribution in [1.82, 2.24) is 4.98 Å². The van der Waals surface area contributed by atoms with Crippen LogP contribution in [0.3, 0.4) is 0 Å². The zero-order chi connectivity index (χ0) is 11.4. The average Bonchev–Trinajstić information content (AvgIpc) is 2.16. The summed E-state index contributed by atoms with van der Waals surface area (Å²) >= 11 is 8.75. The van der Waals surface area contributed by atoms with Gasteiger partial charge in [-0.15, -0.1) is 0 Å². The van der Waals surface area contributed by atoms with Crippen LogP contribution in [0, 0.1) is 11.3 Å². The number of alkyl halides is 3. The smallest absolute Gasteiger partial charge is 0.255 e. The number of nitrogens with zero attached hydrogens (tertiary/aromatic N) is 2. The van der Waals surface area contributed by atoms with Crippen LogP contribution in [0.4, 0.5) is 8.78 Å². The molecule has 0 aliphatic carbocycles. The predicted octanol–water partition coefficient (Wildman–Crippen LogP) is 3.63. The minimum atomic E-state index is -2.66. The van der Waals surface area contributed by atoms with E-state index in [0.29, 0.717) is 5.69 Å². The molecule has 0 radical (unpaired) electrons. The molecule has 1 aromatic heterocycles. The summed E-state index contributed by atoms with van der Waals surface area (Å²) in [7, 11) is 0. The van der Waals surface area contributed by atoms with Gasteiger partial charge in [0.05, 0.1) is 34.5 Å². The normalized spacial score (nSPS) is 10.4. The third-order valence-electron chi connectivity index (χ3n) is 1.75. The lowest BCUT2D eigenvalue weighted by atomic mass is 10.1. The molecule has 0 spiro atoms. The fraction of sp³-hybridized carbons (Fsp3) is 0.333. The van der Waals surface area contributed by atoms with Crippen LogP contribution in [0.1, 0.15) is 23.4 Å². The lowest BCUT2D eigenvalue weighted by Gasteiger charge is -2.09. The first-order valence-corrected chi connectivity index (χ1v) is 5.49. The zero-order valence-corrected chi connectivity index (χ0v) is 9.82. The largest absolute Gasteiger partial charge is 0.267 e. The third-order valence-corrected chi connectivity index (χ3v) is 2.59. The van der Waals surface area contributed by atoms with Gasteiger partial charge < -0.3 is 0 Å². The van der Waals surface area contributed by atoms with Gasteiger partial charge in [0.25, 0.3) is 6.43 Å². The molecule has 0 N–H and O–H groups in total. The molecule has 2 nitrogen and oxygen atoms in total. The molecule has 0 unspecified atom stereocenters. The van der Waals surface area contributed by atoms with E-state index >= 15 is 0 Å². The Labute approximate surface area is 99.0 Å². The van der Waals surface area contributed by atoms with E-state index in [9.17, 15) is 8.78 Å². The van der Waals surface area contributed by atoms with Gasteiger partial charge in [-0.05, 0) is 6.07 Å². The van der Waals surface area contributed by atoms with Crippen LogP contribution in [0.15, 0.2) is 6.07 Å². The van der Waals surface area contributed by atoms with E-state index in [1.165, 1.54) is 6.07 Å². The Kier molecular flexibility index (Phi) is 4.43. The minimum absolute atomic E-state index is 0.0419. The zero-order valence-electron chi connectivity index (χ0n) is 7.48. The van der Waals surface area contributed by atoms with Gasteiger partial charge >= 0.3 is 0 Å². The lowest BCUT2D eigenvalue weighted by Crippen LogP contribution is -2.01. The predicted molar refractivity (Wildman–Crippen MR) is 56.2 cm³/mol. The Balaban J connectivity index is 3.25. The molecule has 80 valence electrons. The van der Waals surface area contributed by atoms with Gasteiger partial charge in [-0.2, -0.15) is 5.26 Å². The topological polar surface area (TPSA) is 36.7 Å². The van der Waals surface area contributed by atoms with Crippen LogP contribution >= 0.6 is 27.5 Å². The molecular weight excluding hydrogens is 289 g/mol. The Hall–Kier alpha value is -0.730. The van der Waals surface area contributed by atoms with Crippen LogP contribution in [0.25, 0.3) is 0 Å². The Morgan fingerprint density at radius 1 is 1.60 bits per heavy atom. The summed E-state index contributed by atoms with van der Waals surface area (Å²) in [5.74, 6) is 0. The van der Waals surface area contributed by atoms with Gasteiger partial charge in [-0.1, -0.05) is 27.5 Å². The van der Waals surface area contributed by atoms with Crippen LogP contribution in [0.5, 0.6) is 0 Å². The number of nitriles is 1. The summed E-state index contributed by atoms with van der Waals surface area (Å²) in [6, 6.07) is 3.19. The standard InChI is InChI=1S/C9H6BrClF2N2/c10-4-7-8(9(12)13)6(11)3-5(15-7)1-2-14/h3,9H,1,4H2. The first-order valence-electron chi connectivity index (χ1n) is 3.99. The van der Waals surface area contributed by atoms with Crippen LogP contribution < -0.4 is 0 Å². The van der Waals surface area contributed by atoms with Gasteiger partial charge in [-0.3, -0.25) is 4.98 Å². The van der Waals surface area contributed by atoms with Gasteiger partial charge in [0.1, 0.15) is 0 Å². The highest BCUT2D eigenvalue weighted by Gasteiger charge is 2.18.